The molecule has 2 rings (SSSR count). The van der Waals surface area contributed by atoms with Gasteiger partial charge in [-0.15, -0.1) is 0 Å². The first kappa shape index (κ1) is 9.07. The van der Waals surface area contributed by atoms with Gasteiger partial charge in [0.05, 0.1) is 29.9 Å². The van der Waals surface area contributed by atoms with Crippen molar-refractivity contribution in [2.75, 3.05) is 5.73 Å². The monoisotopic (exact) mass is 190 g/mol. The average Bonchev–Trinajstić information content (AvgIpc) is 2.77. The van der Waals surface area contributed by atoms with E-state index in [2.05, 4.69) is 11.2 Å². The third kappa shape index (κ3) is 1.58. The molecule has 0 atom stereocenters. The quantitative estimate of drug-likeness (QED) is 0.769. The molecule has 0 spiro atoms. The summed E-state index contributed by atoms with van der Waals surface area (Å²) >= 11 is 0. The Morgan fingerprint density at radius 2 is 2.29 bits per heavy atom. The van der Waals surface area contributed by atoms with Crippen molar-refractivity contribution in [3.8, 4) is 6.07 Å². The van der Waals surface area contributed by atoms with Crippen molar-refractivity contribution >= 4 is 5.69 Å². The number of nitrogens with zero attached hydrogens (tertiary/aromatic N) is 3. The van der Waals surface area contributed by atoms with Crippen LogP contribution in [0.25, 0.3) is 0 Å². The Balaban J connectivity index is 2.13. The molecule has 0 bridgehead atoms. The van der Waals surface area contributed by atoms with E-state index in [9.17, 15) is 0 Å². The molecule has 1 heterocycles. The van der Waals surface area contributed by atoms with E-state index in [0.717, 1.165) is 25.7 Å². The van der Waals surface area contributed by atoms with Gasteiger partial charge in [-0.2, -0.15) is 10.4 Å². The van der Waals surface area contributed by atoms with Crippen LogP contribution in [0.4, 0.5) is 5.69 Å². The number of aromatic nitrogens is 2. The molecule has 0 saturated heterocycles. The lowest BCUT2D eigenvalue weighted by Gasteiger charge is -2.19. The number of nitrogen functional groups attached to an aromatic ring is 1. The fraction of sp³-hybridized carbons (Fsp3) is 0.600. The highest BCUT2D eigenvalue weighted by molar-refractivity contribution is 5.30. The van der Waals surface area contributed by atoms with Crippen LogP contribution in [-0.2, 0) is 6.54 Å². The van der Waals surface area contributed by atoms with Crippen LogP contribution in [0.2, 0.25) is 0 Å². The second-order valence-electron chi connectivity index (χ2n) is 4.07. The largest absolute Gasteiger partial charge is 0.396 e. The topological polar surface area (TPSA) is 67.6 Å². The van der Waals surface area contributed by atoms with Crippen LogP contribution in [0, 0.1) is 16.7 Å². The standard InChI is InChI=1S/C10H14N4/c11-7-10(3-1-2-4-10)8-14-6-9(12)5-13-14/h5-6H,1-4,8,12H2. The highest BCUT2D eigenvalue weighted by Crippen LogP contribution is 2.38. The normalized spacial score (nSPS) is 19.4. The van der Waals surface area contributed by atoms with E-state index in [1.165, 1.54) is 0 Å². The molecule has 4 nitrogen and oxygen atoms in total. The summed E-state index contributed by atoms with van der Waals surface area (Å²) in [5, 5.41) is 13.3. The lowest BCUT2D eigenvalue weighted by molar-refractivity contribution is 0.326. The van der Waals surface area contributed by atoms with E-state index >= 15 is 0 Å². The molecule has 14 heavy (non-hydrogen) atoms. The van der Waals surface area contributed by atoms with Crippen molar-refractivity contribution in [1.82, 2.24) is 9.78 Å². The van der Waals surface area contributed by atoms with Crippen LogP contribution in [-0.4, -0.2) is 9.78 Å². The zero-order chi connectivity index (χ0) is 10.0. The van der Waals surface area contributed by atoms with Crippen molar-refractivity contribution < 1.29 is 0 Å². The van der Waals surface area contributed by atoms with Crippen molar-refractivity contribution in [1.29, 1.82) is 5.26 Å². The predicted molar refractivity (Wildman–Crippen MR) is 53.2 cm³/mol. The summed E-state index contributed by atoms with van der Waals surface area (Å²) in [6, 6.07) is 2.43. The zero-order valence-electron chi connectivity index (χ0n) is 8.11. The minimum Gasteiger partial charge on any atom is -0.396 e. The highest BCUT2D eigenvalue weighted by atomic mass is 15.3. The molecule has 0 aromatic carbocycles. The van der Waals surface area contributed by atoms with Crippen LogP contribution in [0.3, 0.4) is 0 Å². The van der Waals surface area contributed by atoms with Gasteiger partial charge in [-0.1, -0.05) is 12.8 Å². The molecule has 0 amide bonds. The summed E-state index contributed by atoms with van der Waals surface area (Å²) < 4.78 is 1.78. The van der Waals surface area contributed by atoms with Crippen molar-refractivity contribution in [3.63, 3.8) is 0 Å². The Morgan fingerprint density at radius 3 is 2.79 bits per heavy atom. The van der Waals surface area contributed by atoms with Crippen LogP contribution in [0.1, 0.15) is 25.7 Å². The Labute approximate surface area is 83.3 Å². The first-order valence-electron chi connectivity index (χ1n) is 4.93. The van der Waals surface area contributed by atoms with Gasteiger partial charge in [-0.3, -0.25) is 4.68 Å². The number of nitriles is 1. The summed E-state index contributed by atoms with van der Waals surface area (Å²) in [6.07, 6.45) is 7.71. The van der Waals surface area contributed by atoms with Crippen LogP contribution < -0.4 is 5.73 Å². The summed E-state index contributed by atoms with van der Waals surface area (Å²) in [7, 11) is 0. The second kappa shape index (κ2) is 3.33. The molecular weight excluding hydrogens is 176 g/mol. The molecule has 1 aromatic rings. The van der Waals surface area contributed by atoms with Gasteiger partial charge >= 0.3 is 0 Å². The Bertz CT molecular complexity index is 354. The molecule has 1 saturated carbocycles. The smallest absolute Gasteiger partial charge is 0.0769 e. The first-order chi connectivity index (χ1) is 6.74. The van der Waals surface area contributed by atoms with Gasteiger partial charge in [0.25, 0.3) is 0 Å². The van der Waals surface area contributed by atoms with Gasteiger partial charge in [0.15, 0.2) is 0 Å². The van der Waals surface area contributed by atoms with Crippen molar-refractivity contribution in [3.05, 3.63) is 12.4 Å². The van der Waals surface area contributed by atoms with Crippen molar-refractivity contribution in [2.24, 2.45) is 5.41 Å². The van der Waals surface area contributed by atoms with Crippen LogP contribution >= 0.6 is 0 Å². The van der Waals surface area contributed by atoms with Gasteiger partial charge in [0.2, 0.25) is 0 Å². The highest BCUT2D eigenvalue weighted by Gasteiger charge is 2.34. The van der Waals surface area contributed by atoms with Crippen molar-refractivity contribution in [2.45, 2.75) is 32.2 Å². The van der Waals surface area contributed by atoms with Gasteiger partial charge in [-0.05, 0) is 12.8 Å². The fourth-order valence-electron chi connectivity index (χ4n) is 2.13. The lowest BCUT2D eigenvalue weighted by Crippen LogP contribution is -2.21. The second-order valence-corrected chi connectivity index (χ2v) is 4.07. The van der Waals surface area contributed by atoms with E-state index in [4.69, 9.17) is 11.0 Å². The van der Waals surface area contributed by atoms with E-state index in [0.29, 0.717) is 12.2 Å². The molecule has 74 valence electrons. The van der Waals surface area contributed by atoms with Crippen LogP contribution in [0.5, 0.6) is 0 Å². The minimum atomic E-state index is -0.196. The van der Waals surface area contributed by atoms with Gasteiger partial charge in [-0.25, -0.2) is 0 Å². The number of hydrogen-bond acceptors (Lipinski definition) is 3. The maximum atomic E-state index is 9.16. The molecule has 1 aliphatic carbocycles. The fourth-order valence-corrected chi connectivity index (χ4v) is 2.13. The van der Waals surface area contributed by atoms with Gasteiger partial charge in [0.1, 0.15) is 0 Å². The number of rotatable bonds is 2. The maximum Gasteiger partial charge on any atom is 0.0769 e. The zero-order valence-corrected chi connectivity index (χ0v) is 8.11. The third-order valence-corrected chi connectivity index (χ3v) is 2.92. The van der Waals surface area contributed by atoms with E-state index in [1.54, 1.807) is 17.1 Å². The molecule has 1 aromatic heterocycles. The molecule has 0 unspecified atom stereocenters. The Kier molecular flexibility index (Phi) is 2.16. The number of anilines is 1. The maximum absolute atomic E-state index is 9.16. The molecular formula is C10H14N4. The summed E-state index contributed by atoms with van der Waals surface area (Å²) in [6.45, 7) is 0.681. The SMILES string of the molecule is N#CC1(Cn2cc(N)cn2)CCCC1. The molecule has 4 heteroatoms. The average molecular weight is 190 g/mol. The van der Waals surface area contributed by atoms with Gasteiger partial charge < -0.3 is 5.73 Å². The Hall–Kier alpha value is -1.50. The molecule has 2 N–H and O–H groups in total. The van der Waals surface area contributed by atoms with Crippen LogP contribution in [0.15, 0.2) is 12.4 Å². The minimum absolute atomic E-state index is 0.196. The van der Waals surface area contributed by atoms with E-state index < -0.39 is 0 Å². The third-order valence-electron chi connectivity index (χ3n) is 2.92. The summed E-state index contributed by atoms with van der Waals surface area (Å²) in [5.74, 6) is 0. The predicted octanol–water partition coefficient (Wildman–Crippen LogP) is 1.55. The van der Waals surface area contributed by atoms with E-state index in [-0.39, 0.29) is 5.41 Å². The molecule has 1 fully saturated rings. The summed E-state index contributed by atoms with van der Waals surface area (Å²) in [4.78, 5) is 0. The number of hydrogen-bond donors (Lipinski definition) is 1. The number of nitrogens with two attached hydrogens (primary N) is 1. The summed E-state index contributed by atoms with van der Waals surface area (Å²) in [5.41, 5.74) is 6.04. The first-order valence-corrected chi connectivity index (χ1v) is 4.93. The Morgan fingerprint density at radius 1 is 1.57 bits per heavy atom. The molecule has 0 aliphatic heterocycles. The molecule has 0 radical (unpaired) electrons. The molecule has 1 aliphatic rings. The van der Waals surface area contributed by atoms with E-state index in [1.807, 2.05) is 0 Å². The van der Waals surface area contributed by atoms with Gasteiger partial charge in [0, 0.05) is 6.20 Å². The lowest BCUT2D eigenvalue weighted by atomic mass is 9.88.